The number of rotatable bonds is 9. The molecule has 0 bridgehead atoms. The number of nitrogens with zero attached hydrogens (tertiary/aromatic N) is 2. The van der Waals surface area contributed by atoms with Crippen molar-refractivity contribution in [2.24, 2.45) is 0 Å². The maximum absolute atomic E-state index is 12.2. The molecule has 0 saturated heterocycles. The molecule has 2 aromatic heterocycles. The number of alkyl carbamates (subject to hydrolysis) is 1. The van der Waals surface area contributed by atoms with Gasteiger partial charge in [-0.05, 0) is 26.2 Å². The number of ether oxygens (including phenoxy) is 3. The molecule has 10 nitrogen and oxygen atoms in total. The van der Waals surface area contributed by atoms with Crippen molar-refractivity contribution in [1.82, 2.24) is 20.5 Å². The number of hydrogen-bond donors (Lipinski definition) is 3. The van der Waals surface area contributed by atoms with Gasteiger partial charge in [0, 0.05) is 24.8 Å². The number of carbonyl (C=O) groups excluding carboxylic acids is 2. The van der Waals surface area contributed by atoms with Crippen LogP contribution in [0.25, 0.3) is 0 Å². The second-order valence-corrected chi connectivity index (χ2v) is 8.33. The van der Waals surface area contributed by atoms with Crippen molar-refractivity contribution in [1.29, 1.82) is 0 Å². The summed E-state index contributed by atoms with van der Waals surface area (Å²) >= 11 is 1.33. The Morgan fingerprint density at radius 3 is 2.93 bits per heavy atom. The van der Waals surface area contributed by atoms with Gasteiger partial charge in [0.25, 0.3) is 0 Å². The van der Waals surface area contributed by atoms with E-state index in [1.165, 1.54) is 11.3 Å². The van der Waals surface area contributed by atoms with Crippen molar-refractivity contribution in [2.75, 3.05) is 26.1 Å². The molecule has 0 spiro atoms. The van der Waals surface area contributed by atoms with Crippen molar-refractivity contribution in [3.63, 3.8) is 0 Å². The molecule has 164 valence electrons. The molecule has 1 aliphatic rings. The molecule has 3 N–H and O–H groups in total. The highest BCUT2D eigenvalue weighted by Gasteiger charge is 2.30. The summed E-state index contributed by atoms with van der Waals surface area (Å²) in [6.07, 6.45) is 3.54. The van der Waals surface area contributed by atoms with Crippen molar-refractivity contribution in [3.05, 3.63) is 23.0 Å². The standard InChI is InChI=1S/C19H27N5O5S/c1-11(10-27-2)21-19(26)29-13-5-4-12(6-13)14-7-15(24-23-14)22-16(25)8-17-20-9-18(28-3)30-17/h7,9,11-13H,4-6,8,10H2,1-3H3,(H,21,26)(H2,22,23,24,25)/t11?,12-,13+/m0/s1. The fourth-order valence-corrected chi connectivity index (χ4v) is 4.14. The van der Waals surface area contributed by atoms with Crippen LogP contribution in [0.2, 0.25) is 0 Å². The Kier molecular flexibility index (Phi) is 7.63. The van der Waals surface area contributed by atoms with Gasteiger partial charge in [-0.25, -0.2) is 9.78 Å². The maximum Gasteiger partial charge on any atom is 0.407 e. The lowest BCUT2D eigenvalue weighted by Crippen LogP contribution is -2.37. The second kappa shape index (κ2) is 10.4. The minimum atomic E-state index is -0.429. The summed E-state index contributed by atoms with van der Waals surface area (Å²) in [6.45, 7) is 2.29. The van der Waals surface area contributed by atoms with Gasteiger partial charge in [-0.2, -0.15) is 5.10 Å². The van der Waals surface area contributed by atoms with Crippen molar-refractivity contribution in [3.8, 4) is 5.06 Å². The van der Waals surface area contributed by atoms with E-state index in [9.17, 15) is 9.59 Å². The molecule has 30 heavy (non-hydrogen) atoms. The van der Waals surface area contributed by atoms with Gasteiger partial charge in [-0.3, -0.25) is 9.89 Å². The number of amides is 2. The first-order chi connectivity index (χ1) is 14.5. The lowest BCUT2D eigenvalue weighted by atomic mass is 10.0. The van der Waals surface area contributed by atoms with Crippen LogP contribution in [0.5, 0.6) is 5.06 Å². The van der Waals surface area contributed by atoms with Crippen LogP contribution in [0.1, 0.15) is 42.8 Å². The van der Waals surface area contributed by atoms with Gasteiger partial charge in [0.1, 0.15) is 11.1 Å². The Balaban J connectivity index is 1.45. The molecule has 3 atom stereocenters. The summed E-state index contributed by atoms with van der Waals surface area (Å²) in [7, 11) is 3.15. The summed E-state index contributed by atoms with van der Waals surface area (Å²) in [5.74, 6) is 0.467. The van der Waals surface area contributed by atoms with Crippen LogP contribution in [-0.2, 0) is 20.7 Å². The lowest BCUT2D eigenvalue weighted by molar-refractivity contribution is -0.115. The van der Waals surface area contributed by atoms with E-state index < -0.39 is 6.09 Å². The topological polar surface area (TPSA) is 127 Å². The van der Waals surface area contributed by atoms with Crippen molar-refractivity contribution in [2.45, 2.75) is 50.7 Å². The lowest BCUT2D eigenvalue weighted by Gasteiger charge is -2.16. The first kappa shape index (κ1) is 22.0. The number of methoxy groups -OCH3 is 2. The van der Waals surface area contributed by atoms with Crippen LogP contribution in [-0.4, -0.2) is 60.2 Å². The number of H-pyrrole nitrogens is 1. The highest BCUT2D eigenvalue weighted by Crippen LogP contribution is 2.35. The van der Waals surface area contributed by atoms with Gasteiger partial charge < -0.3 is 24.8 Å². The average Bonchev–Trinajstić information content (AvgIpc) is 3.42. The van der Waals surface area contributed by atoms with E-state index >= 15 is 0 Å². The smallest absolute Gasteiger partial charge is 0.407 e. The first-order valence-corrected chi connectivity index (χ1v) is 10.6. The Labute approximate surface area is 178 Å². The SMILES string of the molecule is COCC(C)NC(=O)O[C@@H]1CC[C@H](c2cc(NC(=O)Cc3ncc(OC)s3)n[nH]2)C1. The number of carbonyl (C=O) groups is 2. The van der Waals surface area contributed by atoms with Gasteiger partial charge in [0.2, 0.25) is 5.91 Å². The molecule has 1 fully saturated rings. The van der Waals surface area contributed by atoms with E-state index in [0.717, 1.165) is 18.5 Å². The molecule has 2 heterocycles. The summed E-state index contributed by atoms with van der Waals surface area (Å²) < 4.78 is 15.6. The van der Waals surface area contributed by atoms with E-state index in [0.29, 0.717) is 28.9 Å². The van der Waals surface area contributed by atoms with Crippen LogP contribution < -0.4 is 15.4 Å². The van der Waals surface area contributed by atoms with Gasteiger partial charge in [-0.15, -0.1) is 0 Å². The molecule has 2 aromatic rings. The molecule has 1 aliphatic carbocycles. The molecule has 1 saturated carbocycles. The largest absolute Gasteiger partial charge is 0.486 e. The quantitative estimate of drug-likeness (QED) is 0.550. The predicted molar refractivity (Wildman–Crippen MR) is 111 cm³/mol. The normalized spacial score (nSPS) is 19.3. The van der Waals surface area contributed by atoms with Crippen molar-refractivity contribution < 1.29 is 23.8 Å². The monoisotopic (exact) mass is 437 g/mol. The summed E-state index contributed by atoms with van der Waals surface area (Å²) in [5, 5.41) is 14.0. The molecule has 0 radical (unpaired) electrons. The van der Waals surface area contributed by atoms with E-state index in [1.54, 1.807) is 20.4 Å². The number of nitrogens with one attached hydrogen (secondary N) is 3. The zero-order chi connectivity index (χ0) is 21.5. The highest BCUT2D eigenvalue weighted by molar-refractivity contribution is 7.13. The number of hydrogen-bond acceptors (Lipinski definition) is 8. The minimum absolute atomic E-state index is 0.107. The first-order valence-electron chi connectivity index (χ1n) is 9.76. The third kappa shape index (κ3) is 6.17. The maximum atomic E-state index is 12.2. The number of thiazole rings is 1. The van der Waals surface area contributed by atoms with Gasteiger partial charge in [-0.1, -0.05) is 11.3 Å². The Morgan fingerprint density at radius 2 is 2.20 bits per heavy atom. The second-order valence-electron chi connectivity index (χ2n) is 7.25. The van der Waals surface area contributed by atoms with E-state index in [4.69, 9.17) is 14.2 Å². The average molecular weight is 438 g/mol. The zero-order valence-electron chi connectivity index (χ0n) is 17.3. The van der Waals surface area contributed by atoms with Crippen LogP contribution in [0.15, 0.2) is 12.3 Å². The van der Waals surface area contributed by atoms with Crippen molar-refractivity contribution >= 4 is 29.2 Å². The number of aromatic nitrogens is 3. The zero-order valence-corrected chi connectivity index (χ0v) is 18.1. The van der Waals surface area contributed by atoms with Gasteiger partial charge >= 0.3 is 6.09 Å². The number of aromatic amines is 1. The molecule has 1 unspecified atom stereocenters. The van der Waals surface area contributed by atoms with Crippen LogP contribution in [0.3, 0.4) is 0 Å². The minimum Gasteiger partial charge on any atom is -0.486 e. The summed E-state index contributed by atoms with van der Waals surface area (Å²) in [6, 6.07) is 1.72. The van der Waals surface area contributed by atoms with Crippen LogP contribution >= 0.6 is 11.3 Å². The molecule has 2 amide bonds. The van der Waals surface area contributed by atoms with E-state index in [1.807, 2.05) is 13.0 Å². The van der Waals surface area contributed by atoms with Crippen LogP contribution in [0, 0.1) is 0 Å². The Bertz CT molecular complexity index is 854. The third-order valence-corrected chi connectivity index (χ3v) is 5.75. The van der Waals surface area contributed by atoms with Crippen LogP contribution in [0.4, 0.5) is 10.6 Å². The molecule has 11 heteroatoms. The molecular formula is C19H27N5O5S. The predicted octanol–water partition coefficient (Wildman–Crippen LogP) is 2.45. The highest BCUT2D eigenvalue weighted by atomic mass is 32.1. The third-order valence-electron chi connectivity index (χ3n) is 4.79. The molecule has 3 rings (SSSR count). The Morgan fingerprint density at radius 1 is 1.37 bits per heavy atom. The van der Waals surface area contributed by atoms with Gasteiger partial charge in [0.15, 0.2) is 10.9 Å². The fraction of sp³-hybridized carbons (Fsp3) is 0.579. The Hall–Kier alpha value is -2.66. The van der Waals surface area contributed by atoms with E-state index in [2.05, 4.69) is 25.8 Å². The van der Waals surface area contributed by atoms with Gasteiger partial charge in [0.05, 0.1) is 32.4 Å². The fourth-order valence-electron chi connectivity index (χ4n) is 3.41. The summed E-state index contributed by atoms with van der Waals surface area (Å²) in [5.41, 5.74) is 0.917. The summed E-state index contributed by atoms with van der Waals surface area (Å²) in [4.78, 5) is 28.3. The molecule has 0 aromatic carbocycles. The molecule has 0 aliphatic heterocycles. The molecular weight excluding hydrogens is 410 g/mol. The van der Waals surface area contributed by atoms with E-state index in [-0.39, 0.29) is 30.4 Å². The number of anilines is 1.